The van der Waals surface area contributed by atoms with Crippen molar-refractivity contribution >= 4 is 11.9 Å². The Labute approximate surface area is 99.4 Å². The lowest BCUT2D eigenvalue weighted by Crippen LogP contribution is -2.24. The highest BCUT2D eigenvalue weighted by atomic mass is 16.5. The van der Waals surface area contributed by atoms with E-state index in [2.05, 4.69) is 10.1 Å². The number of aromatic hydroxyl groups is 1. The second-order valence-corrected chi connectivity index (χ2v) is 3.48. The van der Waals surface area contributed by atoms with Crippen molar-refractivity contribution < 1.29 is 19.4 Å². The van der Waals surface area contributed by atoms with Crippen LogP contribution in [0.25, 0.3) is 0 Å². The lowest BCUT2D eigenvalue weighted by atomic mass is 10.1. The molecule has 0 radical (unpaired) electrons. The minimum atomic E-state index is -0.673. The van der Waals surface area contributed by atoms with Gasteiger partial charge in [-0.2, -0.15) is 0 Å². The van der Waals surface area contributed by atoms with Gasteiger partial charge >= 0.3 is 5.97 Å². The van der Waals surface area contributed by atoms with Gasteiger partial charge in [-0.1, -0.05) is 6.92 Å². The molecule has 17 heavy (non-hydrogen) atoms. The van der Waals surface area contributed by atoms with Crippen LogP contribution in [0.2, 0.25) is 0 Å². The predicted molar refractivity (Wildman–Crippen MR) is 62.1 cm³/mol. The summed E-state index contributed by atoms with van der Waals surface area (Å²) in [6.45, 7) is 2.50. The monoisotopic (exact) mass is 237 g/mol. The molecule has 0 unspecified atom stereocenters. The third-order valence-electron chi connectivity index (χ3n) is 2.20. The maximum atomic E-state index is 11.6. The van der Waals surface area contributed by atoms with Gasteiger partial charge in [-0.05, 0) is 24.6 Å². The molecule has 0 spiro atoms. The maximum Gasteiger partial charge on any atom is 0.341 e. The number of ether oxygens (including phenoxy) is 1. The van der Waals surface area contributed by atoms with Crippen LogP contribution >= 0.6 is 0 Å². The maximum absolute atomic E-state index is 11.6. The van der Waals surface area contributed by atoms with Gasteiger partial charge in [0.15, 0.2) is 0 Å². The number of hydrogen-bond acceptors (Lipinski definition) is 4. The fourth-order valence-corrected chi connectivity index (χ4v) is 1.29. The first kappa shape index (κ1) is 13.0. The van der Waals surface area contributed by atoms with E-state index in [1.165, 1.54) is 25.3 Å². The summed E-state index contributed by atoms with van der Waals surface area (Å²) < 4.78 is 4.50. The molecule has 1 aromatic rings. The molecular weight excluding hydrogens is 222 g/mol. The highest BCUT2D eigenvalue weighted by Gasteiger charge is 2.14. The highest BCUT2D eigenvalue weighted by Crippen LogP contribution is 2.19. The van der Waals surface area contributed by atoms with Crippen molar-refractivity contribution in [2.75, 3.05) is 13.7 Å². The number of benzene rings is 1. The van der Waals surface area contributed by atoms with Crippen molar-refractivity contribution in [1.82, 2.24) is 5.32 Å². The molecule has 0 saturated heterocycles. The Morgan fingerprint density at radius 2 is 2.12 bits per heavy atom. The number of phenols is 1. The summed E-state index contributed by atoms with van der Waals surface area (Å²) in [5.41, 5.74) is 0.299. The minimum absolute atomic E-state index is 0.0170. The highest BCUT2D eigenvalue weighted by molar-refractivity contribution is 5.99. The van der Waals surface area contributed by atoms with E-state index in [0.717, 1.165) is 6.42 Å². The Morgan fingerprint density at radius 1 is 1.41 bits per heavy atom. The smallest absolute Gasteiger partial charge is 0.341 e. The van der Waals surface area contributed by atoms with E-state index in [9.17, 15) is 14.7 Å². The van der Waals surface area contributed by atoms with Crippen molar-refractivity contribution in [3.8, 4) is 5.75 Å². The van der Waals surface area contributed by atoms with Gasteiger partial charge < -0.3 is 15.2 Å². The molecule has 1 aromatic carbocycles. The SMILES string of the molecule is CCCNC(=O)c1ccc(O)c(C(=O)OC)c1. The van der Waals surface area contributed by atoms with Crippen LogP contribution in [0.1, 0.15) is 34.1 Å². The van der Waals surface area contributed by atoms with Crippen molar-refractivity contribution in [2.24, 2.45) is 0 Å². The molecule has 0 aromatic heterocycles. The number of phenolic OH excluding ortho intramolecular Hbond substituents is 1. The third-order valence-corrected chi connectivity index (χ3v) is 2.20. The predicted octanol–water partition coefficient (Wildman–Crippen LogP) is 1.32. The Bertz CT molecular complexity index is 429. The van der Waals surface area contributed by atoms with Gasteiger partial charge in [-0.25, -0.2) is 4.79 Å². The van der Waals surface area contributed by atoms with Crippen molar-refractivity contribution in [1.29, 1.82) is 0 Å². The molecule has 5 heteroatoms. The summed E-state index contributed by atoms with van der Waals surface area (Å²) >= 11 is 0. The molecule has 0 heterocycles. The molecule has 0 atom stereocenters. The minimum Gasteiger partial charge on any atom is -0.507 e. The van der Waals surface area contributed by atoms with Gasteiger partial charge in [0, 0.05) is 12.1 Å². The van der Waals surface area contributed by atoms with E-state index in [1.807, 2.05) is 6.92 Å². The number of carbonyl (C=O) groups excluding carboxylic acids is 2. The third kappa shape index (κ3) is 3.21. The van der Waals surface area contributed by atoms with E-state index in [4.69, 9.17) is 0 Å². The van der Waals surface area contributed by atoms with Crippen LogP contribution in [0.15, 0.2) is 18.2 Å². The lowest BCUT2D eigenvalue weighted by Gasteiger charge is -2.06. The van der Waals surface area contributed by atoms with Crippen molar-refractivity contribution in [3.63, 3.8) is 0 Å². The zero-order valence-corrected chi connectivity index (χ0v) is 9.82. The number of carbonyl (C=O) groups is 2. The zero-order valence-electron chi connectivity index (χ0n) is 9.82. The van der Waals surface area contributed by atoms with E-state index >= 15 is 0 Å². The Hall–Kier alpha value is -2.04. The summed E-state index contributed by atoms with van der Waals surface area (Å²) in [5, 5.41) is 12.1. The molecule has 0 saturated carbocycles. The standard InChI is InChI=1S/C12H15NO4/c1-3-6-13-11(15)8-4-5-10(14)9(7-8)12(16)17-2/h4-5,7,14H,3,6H2,1-2H3,(H,13,15). The average Bonchev–Trinajstić information content (AvgIpc) is 2.35. The summed E-state index contributed by atoms with van der Waals surface area (Å²) in [6, 6.07) is 4.06. The van der Waals surface area contributed by atoms with Crippen molar-refractivity contribution in [3.05, 3.63) is 29.3 Å². The first-order chi connectivity index (χ1) is 8.10. The summed E-state index contributed by atoms with van der Waals surface area (Å²) in [6.07, 6.45) is 0.827. The van der Waals surface area contributed by atoms with Crippen LogP contribution in [-0.4, -0.2) is 30.6 Å². The number of esters is 1. The second kappa shape index (κ2) is 5.89. The quantitative estimate of drug-likeness (QED) is 0.774. The molecular formula is C12H15NO4. The van der Waals surface area contributed by atoms with Crippen LogP contribution in [0.5, 0.6) is 5.75 Å². The van der Waals surface area contributed by atoms with Crippen LogP contribution in [0.4, 0.5) is 0 Å². The van der Waals surface area contributed by atoms with Crippen LogP contribution < -0.4 is 5.32 Å². The van der Waals surface area contributed by atoms with E-state index in [0.29, 0.717) is 12.1 Å². The molecule has 92 valence electrons. The topological polar surface area (TPSA) is 75.6 Å². The number of rotatable bonds is 4. The van der Waals surface area contributed by atoms with Gasteiger partial charge in [0.05, 0.1) is 7.11 Å². The van der Waals surface area contributed by atoms with Gasteiger partial charge in [-0.3, -0.25) is 4.79 Å². The molecule has 1 rings (SSSR count). The number of nitrogens with one attached hydrogen (secondary N) is 1. The molecule has 1 amide bonds. The summed E-state index contributed by atoms with van der Waals surface area (Å²) in [4.78, 5) is 22.9. The number of hydrogen-bond donors (Lipinski definition) is 2. The fourth-order valence-electron chi connectivity index (χ4n) is 1.29. The normalized spacial score (nSPS) is 9.76. The van der Waals surface area contributed by atoms with Crippen LogP contribution in [0, 0.1) is 0 Å². The molecule has 0 bridgehead atoms. The Kier molecular flexibility index (Phi) is 4.51. The van der Waals surface area contributed by atoms with E-state index in [1.54, 1.807) is 0 Å². The summed E-state index contributed by atoms with van der Waals surface area (Å²) in [7, 11) is 1.21. The van der Waals surface area contributed by atoms with E-state index < -0.39 is 5.97 Å². The first-order valence-corrected chi connectivity index (χ1v) is 5.29. The zero-order chi connectivity index (χ0) is 12.8. The van der Waals surface area contributed by atoms with Gasteiger partial charge in [0.2, 0.25) is 0 Å². The molecule has 0 aliphatic heterocycles. The fraction of sp³-hybridized carbons (Fsp3) is 0.333. The largest absolute Gasteiger partial charge is 0.507 e. The van der Waals surface area contributed by atoms with Crippen LogP contribution in [0.3, 0.4) is 0 Å². The molecule has 5 nitrogen and oxygen atoms in total. The average molecular weight is 237 g/mol. The van der Waals surface area contributed by atoms with Crippen molar-refractivity contribution in [2.45, 2.75) is 13.3 Å². The summed E-state index contributed by atoms with van der Waals surface area (Å²) in [5.74, 6) is -1.16. The molecule has 0 fully saturated rings. The second-order valence-electron chi connectivity index (χ2n) is 3.48. The Balaban J connectivity index is 2.96. The number of amides is 1. The number of methoxy groups -OCH3 is 1. The van der Waals surface area contributed by atoms with Crippen LogP contribution in [-0.2, 0) is 4.74 Å². The lowest BCUT2D eigenvalue weighted by molar-refractivity contribution is 0.0597. The molecule has 2 N–H and O–H groups in total. The first-order valence-electron chi connectivity index (χ1n) is 5.29. The van der Waals surface area contributed by atoms with Gasteiger partial charge in [0.25, 0.3) is 5.91 Å². The van der Waals surface area contributed by atoms with Gasteiger partial charge in [-0.15, -0.1) is 0 Å². The Morgan fingerprint density at radius 3 is 2.71 bits per heavy atom. The molecule has 0 aliphatic carbocycles. The van der Waals surface area contributed by atoms with E-state index in [-0.39, 0.29) is 17.2 Å². The van der Waals surface area contributed by atoms with Gasteiger partial charge in [0.1, 0.15) is 11.3 Å². The molecule has 0 aliphatic rings.